The van der Waals surface area contributed by atoms with Crippen LogP contribution in [0.15, 0.2) is 65.8 Å². The first kappa shape index (κ1) is 59.4. The molecule has 4 saturated heterocycles. The number of aliphatic hydroxyl groups excluding tert-OH is 1. The summed E-state index contributed by atoms with van der Waals surface area (Å²) in [5.41, 5.74) is 1.23. The lowest BCUT2D eigenvalue weighted by atomic mass is 9.93. The highest BCUT2D eigenvalue weighted by Gasteiger charge is 2.49. The fraction of sp³-hybridized carbons (Fsp3) is 0.661. The van der Waals surface area contributed by atoms with E-state index in [-0.39, 0.29) is 66.7 Å². The molecule has 0 bridgehead atoms. The van der Waals surface area contributed by atoms with E-state index in [1.54, 1.807) is 53.2 Å². The second kappa shape index (κ2) is 30.2. The van der Waals surface area contributed by atoms with E-state index in [4.69, 9.17) is 0 Å². The molecule has 20 nitrogen and oxygen atoms in total. The van der Waals surface area contributed by atoms with Gasteiger partial charge < -0.3 is 57.4 Å². The number of benzene rings is 2. The van der Waals surface area contributed by atoms with Crippen LogP contribution < -0.4 is 42.5 Å². The summed E-state index contributed by atoms with van der Waals surface area (Å²) >= 11 is 0. The molecule has 4 aliphatic heterocycles. The Morgan fingerprint density at radius 3 is 1.53 bits per heavy atom. The van der Waals surface area contributed by atoms with Crippen LogP contribution in [0.2, 0.25) is 0 Å². The number of amides is 7. The van der Waals surface area contributed by atoms with Crippen molar-refractivity contribution in [3.8, 4) is 0 Å². The first-order valence-electron chi connectivity index (χ1n) is 28.1. The predicted molar refractivity (Wildman–Crippen MR) is 289 cm³/mol. The molecule has 12 unspecified atom stereocenters. The number of nitrogens with one attached hydrogen (secondary N) is 8. The molecule has 20 heteroatoms. The Kier molecular flexibility index (Phi) is 23.6. The van der Waals surface area contributed by atoms with E-state index in [2.05, 4.69) is 54.6 Å². The maximum Gasteiger partial charge on any atom is 0.247 e. The zero-order valence-corrected chi connectivity index (χ0v) is 45.1. The number of fused-ring (bicyclic) bond motifs is 2. The summed E-state index contributed by atoms with van der Waals surface area (Å²) in [5.74, 6) is -3.28. The highest BCUT2D eigenvalue weighted by Crippen LogP contribution is 2.36. The van der Waals surface area contributed by atoms with Gasteiger partial charge in [-0.2, -0.15) is 4.91 Å². The number of unbranched alkanes of at least 4 members (excludes halogenated alkanes) is 5. The topological polar surface area (TPSA) is 272 Å². The molecule has 2 aromatic carbocycles. The molecular formula is C56H85N11O9. The number of rotatable bonds is 29. The third-order valence-corrected chi connectivity index (χ3v) is 16.3. The van der Waals surface area contributed by atoms with E-state index < -0.39 is 60.0 Å². The minimum absolute atomic E-state index is 0.115. The molecule has 6 rings (SSSR count). The number of carbonyl (C=O) groups excluding carboxylic acids is 7. The number of nitrogens with zero attached hydrogens (tertiary/aromatic N) is 3. The van der Waals surface area contributed by atoms with Gasteiger partial charge >= 0.3 is 0 Å². The molecule has 0 aliphatic carbocycles. The van der Waals surface area contributed by atoms with Crippen LogP contribution in [0.3, 0.4) is 0 Å². The second-order valence-corrected chi connectivity index (χ2v) is 21.1. The quantitative estimate of drug-likeness (QED) is 0.0421. The molecule has 9 N–H and O–H groups in total. The predicted octanol–water partition coefficient (Wildman–Crippen LogP) is 3.01. The van der Waals surface area contributed by atoms with Crippen LogP contribution in [-0.4, -0.2) is 151 Å². The van der Waals surface area contributed by atoms with E-state index in [0.717, 1.165) is 38.5 Å². The Morgan fingerprint density at radius 1 is 0.605 bits per heavy atom. The Morgan fingerprint density at radius 2 is 1.08 bits per heavy atom. The van der Waals surface area contributed by atoms with E-state index in [9.17, 15) is 43.6 Å². The zero-order chi connectivity index (χ0) is 54.6. The third kappa shape index (κ3) is 15.4. The highest BCUT2D eigenvalue weighted by atomic mass is 16.3. The molecule has 7 amide bonds. The first-order valence-corrected chi connectivity index (χ1v) is 28.1. The minimum Gasteiger partial charge on any atom is -0.396 e. The van der Waals surface area contributed by atoms with Gasteiger partial charge in [-0.05, 0) is 102 Å². The summed E-state index contributed by atoms with van der Waals surface area (Å²) in [7, 11) is 3.54. The van der Waals surface area contributed by atoms with E-state index >= 15 is 0 Å². The molecule has 76 heavy (non-hydrogen) atoms. The summed E-state index contributed by atoms with van der Waals surface area (Å²) in [6, 6.07) is 12.1. The Balaban J connectivity index is 0.953. The van der Waals surface area contributed by atoms with Crippen LogP contribution in [0, 0.1) is 16.7 Å². The lowest BCUT2D eigenvalue weighted by Crippen LogP contribution is -2.59. The fourth-order valence-electron chi connectivity index (χ4n) is 11.8. The van der Waals surface area contributed by atoms with E-state index in [1.165, 1.54) is 0 Å². The monoisotopic (exact) mass is 1060 g/mol. The van der Waals surface area contributed by atoms with Gasteiger partial charge in [0.05, 0.1) is 18.6 Å². The second-order valence-electron chi connectivity index (χ2n) is 21.1. The zero-order valence-electron chi connectivity index (χ0n) is 45.1. The van der Waals surface area contributed by atoms with Gasteiger partial charge in [0.15, 0.2) is 0 Å². The molecule has 2 aromatic rings. The summed E-state index contributed by atoms with van der Waals surface area (Å²) in [4.78, 5) is 112. The Labute approximate surface area is 448 Å². The van der Waals surface area contributed by atoms with Gasteiger partial charge in [0.2, 0.25) is 41.4 Å². The van der Waals surface area contributed by atoms with Gasteiger partial charge in [-0.15, -0.1) is 0 Å². The molecule has 0 aromatic heterocycles. The van der Waals surface area contributed by atoms with Crippen molar-refractivity contribution in [3.63, 3.8) is 0 Å². The minimum atomic E-state index is -1.02. The Bertz CT molecular complexity index is 2220. The molecule has 0 saturated carbocycles. The number of hydrogen-bond acceptors (Lipinski definition) is 13. The van der Waals surface area contributed by atoms with Crippen LogP contribution in [0.1, 0.15) is 140 Å². The maximum absolute atomic E-state index is 14.3. The third-order valence-electron chi connectivity index (χ3n) is 16.3. The van der Waals surface area contributed by atoms with Crippen molar-refractivity contribution in [1.82, 2.24) is 52.3 Å². The Hall–Kier alpha value is -5.83. The van der Waals surface area contributed by atoms with E-state index in [0.29, 0.717) is 95.0 Å². The molecule has 4 aliphatic rings. The van der Waals surface area contributed by atoms with Crippen molar-refractivity contribution in [3.05, 3.63) is 76.7 Å². The van der Waals surface area contributed by atoms with Crippen LogP contribution in [0.25, 0.3) is 0 Å². The number of aliphatic hydroxyl groups is 1. The largest absolute Gasteiger partial charge is 0.396 e. The lowest BCUT2D eigenvalue weighted by Gasteiger charge is -2.33. The lowest BCUT2D eigenvalue weighted by molar-refractivity contribution is -0.144. The SMILES string of the molecule is CCC(CNC1C(=O)N2C(CCC1CO)CCC2C(=O)NC(C(=O)NCCCCCCCCNC(=O)C(NC(=O)C1CCC2CCC(CN=O)C(NC(=O)C(CC)NC)C(=O)N21)c1ccccc1)c1ccccc1)NC. The number of nitroso groups, excluding NO2 is 1. The standard InChI is InChI=1S/C56H85N11O9/c1-5-40(57-3)34-61-48-39(35-68)24-26-42-28-29-44(66(42)55(48)74)51(70)63-46(36-19-13-11-14-20-36)53(72)59-31-17-9-7-8-10-18-32-60-54(73)47(37-21-15-12-16-22-37)64-52(71)45-30-27-41-25-23-38(33-62-76)49(56(75)67(41)45)65-50(69)43(6-2)58-4/h11-16,19-22,38-49,57-58,61,68H,5-10,17-18,23-35H2,1-4H3,(H,59,72)(H,60,73)(H,63,70)(H,64,71)(H,65,69). The first-order chi connectivity index (χ1) is 36.9. The van der Waals surface area contributed by atoms with Gasteiger partial charge in [0.1, 0.15) is 30.2 Å². The summed E-state index contributed by atoms with van der Waals surface area (Å²) in [6.07, 6.45) is 10.8. The average Bonchev–Trinajstić information content (AvgIpc) is 4.03. The van der Waals surface area contributed by atoms with Crippen LogP contribution >= 0.6 is 0 Å². The van der Waals surface area contributed by atoms with Crippen molar-refractivity contribution in [2.75, 3.05) is 46.9 Å². The summed E-state index contributed by atoms with van der Waals surface area (Å²) in [5, 5.41) is 37.8. The van der Waals surface area contributed by atoms with Gasteiger partial charge in [-0.1, -0.05) is 105 Å². The molecule has 0 spiro atoms. The van der Waals surface area contributed by atoms with Crippen molar-refractivity contribution >= 4 is 41.4 Å². The van der Waals surface area contributed by atoms with Gasteiger partial charge in [0, 0.05) is 56.2 Å². The van der Waals surface area contributed by atoms with Gasteiger partial charge in [-0.25, -0.2) is 0 Å². The summed E-state index contributed by atoms with van der Waals surface area (Å²) in [6.45, 7) is 5.00. The van der Waals surface area contributed by atoms with Crippen LogP contribution in [0.5, 0.6) is 0 Å². The van der Waals surface area contributed by atoms with Crippen LogP contribution in [0.4, 0.5) is 0 Å². The smallest absolute Gasteiger partial charge is 0.247 e. The highest BCUT2D eigenvalue weighted by molar-refractivity contribution is 5.96. The summed E-state index contributed by atoms with van der Waals surface area (Å²) < 4.78 is 0. The number of hydrogen-bond donors (Lipinski definition) is 9. The fourth-order valence-corrected chi connectivity index (χ4v) is 11.8. The van der Waals surface area contributed by atoms with E-state index in [1.807, 2.05) is 38.2 Å². The average molecular weight is 1060 g/mol. The van der Waals surface area contributed by atoms with Crippen LogP contribution in [-0.2, 0) is 33.6 Å². The van der Waals surface area contributed by atoms with Crippen molar-refractivity contribution in [2.24, 2.45) is 17.0 Å². The van der Waals surface area contributed by atoms with Crippen molar-refractivity contribution in [2.45, 2.75) is 177 Å². The number of likely N-dealkylation sites (N-methyl/N-ethyl adjacent to an activating group) is 2. The molecular weight excluding hydrogens is 971 g/mol. The van der Waals surface area contributed by atoms with Gasteiger partial charge in [0.25, 0.3) is 0 Å². The molecule has 12 atom stereocenters. The number of carbonyl (C=O) groups is 7. The van der Waals surface area contributed by atoms with Gasteiger partial charge in [-0.3, -0.25) is 33.6 Å². The molecule has 4 heterocycles. The molecule has 4 fully saturated rings. The molecule has 418 valence electrons. The normalized spacial score (nSPS) is 24.9. The van der Waals surface area contributed by atoms with Crippen molar-refractivity contribution < 1.29 is 38.7 Å². The maximum atomic E-state index is 14.3. The van der Waals surface area contributed by atoms with Crippen molar-refractivity contribution in [1.29, 1.82) is 0 Å². The molecule has 0 radical (unpaired) electrons.